The van der Waals surface area contributed by atoms with E-state index in [0.29, 0.717) is 11.5 Å². The summed E-state index contributed by atoms with van der Waals surface area (Å²) in [5.74, 6) is -0.0493. The number of rotatable bonds is 3. The fraction of sp³-hybridized carbons (Fsp3) is 0.267. The molecule has 0 amide bonds. The van der Waals surface area contributed by atoms with Crippen LogP contribution in [0.5, 0.6) is 0 Å². The summed E-state index contributed by atoms with van der Waals surface area (Å²) in [5, 5.41) is 10.1. The molecule has 0 saturated heterocycles. The summed E-state index contributed by atoms with van der Waals surface area (Å²) in [6, 6.07) is 9.08. The molecule has 0 spiro atoms. The number of hydrogen-bond donors (Lipinski definition) is 1. The second kappa shape index (κ2) is 5.27. The molecule has 2 rings (SSSR count). The van der Waals surface area contributed by atoms with E-state index in [9.17, 15) is 9.50 Å². The van der Waals surface area contributed by atoms with Gasteiger partial charge in [-0.05, 0) is 23.1 Å². The lowest BCUT2D eigenvalue weighted by atomic mass is 9.97. The van der Waals surface area contributed by atoms with Gasteiger partial charge >= 0.3 is 0 Å². The molecule has 3 heteroatoms. The summed E-state index contributed by atoms with van der Waals surface area (Å²) < 4.78 is 13.5. The monoisotopic (exact) mass is 245 g/mol. The lowest BCUT2D eigenvalue weighted by Crippen LogP contribution is -2.03. The molecule has 0 aliphatic heterocycles. The number of aromatic nitrogens is 1. The summed E-state index contributed by atoms with van der Waals surface area (Å²) in [4.78, 5) is 3.67. The maximum atomic E-state index is 13.5. The summed E-state index contributed by atoms with van der Waals surface area (Å²) >= 11 is 0. The van der Waals surface area contributed by atoms with E-state index in [1.807, 2.05) is 24.3 Å². The topological polar surface area (TPSA) is 33.1 Å². The van der Waals surface area contributed by atoms with Crippen LogP contribution in [0.3, 0.4) is 0 Å². The Kier molecular flexibility index (Phi) is 3.72. The molecule has 0 aliphatic rings. The summed E-state index contributed by atoms with van der Waals surface area (Å²) in [6.07, 6.45) is 1.64. The summed E-state index contributed by atoms with van der Waals surface area (Å²) in [6.45, 7) is 4.21. The maximum absolute atomic E-state index is 13.5. The molecule has 0 fully saturated rings. The minimum Gasteiger partial charge on any atom is -0.384 e. The Labute approximate surface area is 106 Å². The highest BCUT2D eigenvalue weighted by molar-refractivity contribution is 5.32. The first kappa shape index (κ1) is 12.7. The van der Waals surface area contributed by atoms with Gasteiger partial charge in [0.15, 0.2) is 0 Å². The van der Waals surface area contributed by atoms with E-state index in [4.69, 9.17) is 0 Å². The normalized spacial score (nSPS) is 12.7. The van der Waals surface area contributed by atoms with Crippen molar-refractivity contribution in [3.05, 3.63) is 65.2 Å². The predicted octanol–water partition coefficient (Wildman–Crippen LogP) is 3.43. The SMILES string of the molecule is CC(C)c1ccc(C(O)c2ccncc2F)cc1. The predicted molar refractivity (Wildman–Crippen MR) is 68.8 cm³/mol. The van der Waals surface area contributed by atoms with Gasteiger partial charge in [-0.1, -0.05) is 38.1 Å². The molecule has 0 bridgehead atoms. The van der Waals surface area contributed by atoms with Crippen molar-refractivity contribution in [3.63, 3.8) is 0 Å². The Morgan fingerprint density at radius 1 is 1.06 bits per heavy atom. The van der Waals surface area contributed by atoms with Gasteiger partial charge < -0.3 is 5.11 Å². The van der Waals surface area contributed by atoms with Gasteiger partial charge in [0, 0.05) is 11.8 Å². The average molecular weight is 245 g/mol. The molecule has 1 atom stereocenters. The Balaban J connectivity index is 2.29. The van der Waals surface area contributed by atoms with Crippen LogP contribution in [0.15, 0.2) is 42.7 Å². The molecule has 0 saturated carbocycles. The third-order valence-electron chi connectivity index (χ3n) is 3.02. The molecule has 1 N–H and O–H groups in total. The van der Waals surface area contributed by atoms with Gasteiger partial charge in [-0.3, -0.25) is 4.98 Å². The van der Waals surface area contributed by atoms with Crippen LogP contribution in [-0.2, 0) is 0 Å². The van der Waals surface area contributed by atoms with E-state index in [-0.39, 0.29) is 5.56 Å². The Bertz CT molecular complexity index is 522. The zero-order chi connectivity index (χ0) is 13.1. The minimum atomic E-state index is -0.950. The molecule has 1 aromatic heterocycles. The molecule has 1 unspecified atom stereocenters. The van der Waals surface area contributed by atoms with Crippen LogP contribution in [0.1, 0.15) is 42.6 Å². The first-order valence-electron chi connectivity index (χ1n) is 5.97. The molecule has 0 radical (unpaired) electrons. The van der Waals surface area contributed by atoms with Crippen molar-refractivity contribution < 1.29 is 9.50 Å². The van der Waals surface area contributed by atoms with Crippen molar-refractivity contribution in [2.75, 3.05) is 0 Å². The number of nitrogens with zero attached hydrogens (tertiary/aromatic N) is 1. The average Bonchev–Trinajstić information content (AvgIpc) is 2.38. The molecular formula is C15H16FNO. The van der Waals surface area contributed by atoms with Gasteiger partial charge in [0.25, 0.3) is 0 Å². The highest BCUT2D eigenvalue weighted by Gasteiger charge is 2.14. The van der Waals surface area contributed by atoms with Gasteiger partial charge in [-0.25, -0.2) is 4.39 Å². The molecule has 2 nitrogen and oxygen atoms in total. The van der Waals surface area contributed by atoms with E-state index >= 15 is 0 Å². The highest BCUT2D eigenvalue weighted by Crippen LogP contribution is 2.25. The molecule has 0 aliphatic carbocycles. The lowest BCUT2D eigenvalue weighted by molar-refractivity contribution is 0.214. The van der Waals surface area contributed by atoms with E-state index in [1.165, 1.54) is 17.8 Å². The van der Waals surface area contributed by atoms with Crippen molar-refractivity contribution in [3.8, 4) is 0 Å². The second-order valence-corrected chi connectivity index (χ2v) is 4.62. The first-order valence-corrected chi connectivity index (χ1v) is 5.97. The smallest absolute Gasteiger partial charge is 0.147 e. The number of halogens is 1. The number of pyridine rings is 1. The van der Waals surface area contributed by atoms with Crippen LogP contribution >= 0.6 is 0 Å². The van der Waals surface area contributed by atoms with Crippen molar-refractivity contribution >= 4 is 0 Å². The van der Waals surface area contributed by atoms with Crippen molar-refractivity contribution in [1.29, 1.82) is 0 Å². The zero-order valence-corrected chi connectivity index (χ0v) is 10.5. The minimum absolute atomic E-state index is 0.252. The molecule has 18 heavy (non-hydrogen) atoms. The fourth-order valence-electron chi connectivity index (χ4n) is 1.85. The van der Waals surface area contributed by atoms with Gasteiger partial charge in [0.2, 0.25) is 0 Å². The van der Waals surface area contributed by atoms with E-state index in [0.717, 1.165) is 6.20 Å². The first-order chi connectivity index (χ1) is 8.59. The van der Waals surface area contributed by atoms with Crippen LogP contribution in [0.25, 0.3) is 0 Å². The maximum Gasteiger partial charge on any atom is 0.147 e. The number of aliphatic hydroxyl groups excluding tert-OH is 1. The third-order valence-corrected chi connectivity index (χ3v) is 3.02. The molecular weight excluding hydrogens is 229 g/mol. The van der Waals surface area contributed by atoms with Crippen LogP contribution in [0.2, 0.25) is 0 Å². The largest absolute Gasteiger partial charge is 0.384 e. The van der Waals surface area contributed by atoms with E-state index in [2.05, 4.69) is 18.8 Å². The van der Waals surface area contributed by atoms with E-state index in [1.54, 1.807) is 0 Å². The Morgan fingerprint density at radius 3 is 2.22 bits per heavy atom. The zero-order valence-electron chi connectivity index (χ0n) is 10.5. The number of hydrogen-bond acceptors (Lipinski definition) is 2. The molecule has 1 aromatic carbocycles. The standard InChI is InChI=1S/C15H16FNO/c1-10(2)11-3-5-12(6-4-11)15(18)13-7-8-17-9-14(13)16/h3-10,15,18H,1-2H3. The van der Waals surface area contributed by atoms with Crippen LogP contribution in [0, 0.1) is 5.82 Å². The van der Waals surface area contributed by atoms with Crippen LogP contribution in [0.4, 0.5) is 4.39 Å². The van der Waals surface area contributed by atoms with Crippen LogP contribution < -0.4 is 0 Å². The van der Waals surface area contributed by atoms with Crippen molar-refractivity contribution in [1.82, 2.24) is 4.98 Å². The Hall–Kier alpha value is -1.74. The van der Waals surface area contributed by atoms with Crippen molar-refractivity contribution in [2.24, 2.45) is 0 Å². The molecule has 2 aromatic rings. The highest BCUT2D eigenvalue weighted by atomic mass is 19.1. The fourth-order valence-corrected chi connectivity index (χ4v) is 1.85. The quantitative estimate of drug-likeness (QED) is 0.898. The summed E-state index contributed by atoms with van der Waals surface area (Å²) in [5.41, 5.74) is 2.13. The second-order valence-electron chi connectivity index (χ2n) is 4.62. The van der Waals surface area contributed by atoms with Crippen molar-refractivity contribution in [2.45, 2.75) is 25.9 Å². The molecule has 94 valence electrons. The van der Waals surface area contributed by atoms with Gasteiger partial charge in [-0.2, -0.15) is 0 Å². The van der Waals surface area contributed by atoms with Gasteiger partial charge in [0.05, 0.1) is 6.20 Å². The number of benzene rings is 1. The van der Waals surface area contributed by atoms with E-state index < -0.39 is 11.9 Å². The number of aliphatic hydroxyl groups is 1. The third kappa shape index (κ3) is 2.57. The lowest BCUT2D eigenvalue weighted by Gasteiger charge is -2.13. The van der Waals surface area contributed by atoms with Crippen LogP contribution in [-0.4, -0.2) is 10.1 Å². The molecule has 1 heterocycles. The summed E-state index contributed by atoms with van der Waals surface area (Å²) in [7, 11) is 0. The Morgan fingerprint density at radius 2 is 1.67 bits per heavy atom. The van der Waals surface area contributed by atoms with Gasteiger partial charge in [-0.15, -0.1) is 0 Å². The van der Waals surface area contributed by atoms with Gasteiger partial charge in [0.1, 0.15) is 11.9 Å².